The Labute approximate surface area is 200 Å². The van der Waals surface area contributed by atoms with E-state index in [1.54, 1.807) is 18.3 Å². The molecule has 1 aliphatic carbocycles. The summed E-state index contributed by atoms with van der Waals surface area (Å²) in [7, 11) is 1.51. The van der Waals surface area contributed by atoms with E-state index in [0.717, 1.165) is 35.4 Å². The molecule has 3 aromatic rings. The van der Waals surface area contributed by atoms with Crippen LogP contribution in [-0.4, -0.2) is 41.5 Å². The number of hydrogen-bond acceptors (Lipinski definition) is 5. The molecule has 7 heteroatoms. The van der Waals surface area contributed by atoms with Gasteiger partial charge < -0.3 is 15.4 Å². The van der Waals surface area contributed by atoms with Crippen molar-refractivity contribution in [3.05, 3.63) is 88.4 Å². The van der Waals surface area contributed by atoms with Gasteiger partial charge >= 0.3 is 0 Å². The third-order valence-electron chi connectivity index (χ3n) is 6.50. The first kappa shape index (κ1) is 23.4. The van der Waals surface area contributed by atoms with Crippen LogP contribution in [0.5, 0.6) is 5.88 Å². The first-order valence-corrected chi connectivity index (χ1v) is 11.4. The second-order valence-corrected chi connectivity index (χ2v) is 9.06. The minimum absolute atomic E-state index is 0.0213. The van der Waals surface area contributed by atoms with Crippen molar-refractivity contribution in [3.63, 3.8) is 0 Å². The van der Waals surface area contributed by atoms with Gasteiger partial charge in [-0.3, -0.25) is 14.6 Å². The Kier molecular flexibility index (Phi) is 6.63. The van der Waals surface area contributed by atoms with Crippen molar-refractivity contribution in [1.82, 2.24) is 20.6 Å². The number of aromatic nitrogens is 2. The number of carbonyl (C=O) groups excluding carboxylic acids is 2. The smallest absolute Gasteiger partial charge is 0.256 e. The maximum Gasteiger partial charge on any atom is 0.256 e. The highest BCUT2D eigenvalue weighted by Gasteiger charge is 2.46. The largest absolute Gasteiger partial charge is 0.480 e. The van der Waals surface area contributed by atoms with Crippen LogP contribution in [0, 0.1) is 20.8 Å². The van der Waals surface area contributed by atoms with Gasteiger partial charge in [0.2, 0.25) is 5.88 Å². The summed E-state index contributed by atoms with van der Waals surface area (Å²) in [6, 6.07) is 15.5. The molecule has 1 saturated carbocycles. The Hall–Kier alpha value is -3.74. The van der Waals surface area contributed by atoms with E-state index in [0.29, 0.717) is 23.6 Å². The van der Waals surface area contributed by atoms with Crippen LogP contribution in [0.2, 0.25) is 0 Å². The van der Waals surface area contributed by atoms with Crippen molar-refractivity contribution in [2.24, 2.45) is 0 Å². The van der Waals surface area contributed by atoms with E-state index in [9.17, 15) is 9.59 Å². The summed E-state index contributed by atoms with van der Waals surface area (Å²) in [6.45, 7) is 6.07. The lowest BCUT2D eigenvalue weighted by atomic mass is 9.61. The van der Waals surface area contributed by atoms with Crippen LogP contribution >= 0.6 is 0 Å². The average molecular weight is 459 g/mol. The molecule has 0 aliphatic heterocycles. The zero-order chi connectivity index (χ0) is 24.3. The lowest BCUT2D eigenvalue weighted by molar-refractivity contribution is 0.0822. The minimum atomic E-state index is -0.260. The van der Waals surface area contributed by atoms with Gasteiger partial charge in [-0.1, -0.05) is 30.3 Å². The molecule has 1 aliphatic rings. The number of nitrogens with zero attached hydrogens (tertiary/aromatic N) is 2. The summed E-state index contributed by atoms with van der Waals surface area (Å²) in [4.78, 5) is 34.4. The maximum atomic E-state index is 13.0. The van der Waals surface area contributed by atoms with E-state index in [1.165, 1.54) is 7.11 Å². The molecule has 2 amide bonds. The van der Waals surface area contributed by atoms with Crippen molar-refractivity contribution in [1.29, 1.82) is 0 Å². The number of benzene rings is 1. The van der Waals surface area contributed by atoms with Crippen LogP contribution in [-0.2, 0) is 5.41 Å². The van der Waals surface area contributed by atoms with Gasteiger partial charge in [0, 0.05) is 41.1 Å². The van der Waals surface area contributed by atoms with E-state index in [2.05, 4.69) is 32.7 Å². The first-order valence-electron chi connectivity index (χ1n) is 11.4. The molecule has 1 aromatic carbocycles. The molecule has 0 unspecified atom stereocenters. The SMILES string of the molecule is COc1nc(C)ccc1C(=O)NCC1(c2ccccc2)CC(NC(=O)c2cc(C)ncc2C)C1. The van der Waals surface area contributed by atoms with Gasteiger partial charge in [0.05, 0.1) is 7.11 Å². The van der Waals surface area contributed by atoms with Gasteiger partial charge in [-0.05, 0) is 62.9 Å². The highest BCUT2D eigenvalue weighted by molar-refractivity contribution is 5.97. The number of aryl methyl sites for hydroxylation is 3. The van der Waals surface area contributed by atoms with Crippen LogP contribution in [0.3, 0.4) is 0 Å². The van der Waals surface area contributed by atoms with Gasteiger partial charge in [0.25, 0.3) is 11.8 Å². The number of hydrogen-bond donors (Lipinski definition) is 2. The van der Waals surface area contributed by atoms with Crippen LogP contribution in [0.15, 0.2) is 54.7 Å². The Balaban J connectivity index is 1.47. The van der Waals surface area contributed by atoms with E-state index >= 15 is 0 Å². The number of carbonyl (C=O) groups is 2. The third-order valence-corrected chi connectivity index (χ3v) is 6.50. The van der Waals surface area contributed by atoms with Gasteiger partial charge in [-0.25, -0.2) is 4.98 Å². The lowest BCUT2D eigenvalue weighted by Gasteiger charge is -2.48. The van der Waals surface area contributed by atoms with Crippen molar-refractivity contribution in [2.45, 2.75) is 45.1 Å². The van der Waals surface area contributed by atoms with Crippen molar-refractivity contribution >= 4 is 11.8 Å². The predicted molar refractivity (Wildman–Crippen MR) is 130 cm³/mol. The van der Waals surface area contributed by atoms with Crippen LogP contribution in [0.4, 0.5) is 0 Å². The molecule has 2 aromatic heterocycles. The van der Waals surface area contributed by atoms with Crippen molar-refractivity contribution < 1.29 is 14.3 Å². The van der Waals surface area contributed by atoms with Gasteiger partial charge in [-0.2, -0.15) is 0 Å². The molecule has 0 atom stereocenters. The Morgan fingerprint density at radius 3 is 2.44 bits per heavy atom. The second kappa shape index (κ2) is 9.63. The second-order valence-electron chi connectivity index (χ2n) is 9.06. The number of ether oxygens (including phenoxy) is 1. The predicted octanol–water partition coefficient (Wildman–Crippen LogP) is 3.67. The topological polar surface area (TPSA) is 93.2 Å². The maximum absolute atomic E-state index is 13.0. The standard InChI is InChI=1S/C27H30N4O3/c1-17-15-28-19(3)12-23(17)25(33)31-21-13-27(14-21,20-8-6-5-7-9-20)16-29-24(32)22-11-10-18(2)30-26(22)34-4/h5-12,15,21H,13-14,16H2,1-4H3,(H,29,32)(H,31,33). The zero-order valence-electron chi connectivity index (χ0n) is 20.0. The monoisotopic (exact) mass is 458 g/mol. The molecule has 2 N–H and O–H groups in total. The number of rotatable bonds is 7. The molecular formula is C27H30N4O3. The molecular weight excluding hydrogens is 428 g/mol. The highest BCUT2D eigenvalue weighted by Crippen LogP contribution is 2.43. The normalized spacial score (nSPS) is 19.1. The highest BCUT2D eigenvalue weighted by atomic mass is 16.5. The molecule has 0 spiro atoms. The molecule has 0 saturated heterocycles. The Morgan fingerprint density at radius 1 is 1.00 bits per heavy atom. The minimum Gasteiger partial charge on any atom is -0.480 e. The number of nitrogens with one attached hydrogen (secondary N) is 2. The van der Waals surface area contributed by atoms with Crippen LogP contribution in [0.1, 0.15) is 56.1 Å². The zero-order valence-corrected chi connectivity index (χ0v) is 20.0. The van der Waals surface area contributed by atoms with Gasteiger partial charge in [0.1, 0.15) is 5.56 Å². The summed E-state index contributed by atoms with van der Waals surface area (Å²) in [5, 5.41) is 6.24. The number of methoxy groups -OCH3 is 1. The van der Waals surface area contributed by atoms with E-state index in [4.69, 9.17) is 4.74 Å². The third kappa shape index (κ3) is 4.78. The summed E-state index contributed by atoms with van der Waals surface area (Å²) in [5.74, 6) is -0.00258. The molecule has 7 nitrogen and oxygen atoms in total. The summed E-state index contributed by atoms with van der Waals surface area (Å²) in [5.41, 5.74) is 4.39. The summed E-state index contributed by atoms with van der Waals surface area (Å²) < 4.78 is 5.30. The van der Waals surface area contributed by atoms with Gasteiger partial charge in [-0.15, -0.1) is 0 Å². The summed E-state index contributed by atoms with van der Waals surface area (Å²) >= 11 is 0. The fraction of sp³-hybridized carbons (Fsp3) is 0.333. The fourth-order valence-electron chi connectivity index (χ4n) is 4.60. The average Bonchev–Trinajstić information content (AvgIpc) is 2.82. The first-order chi connectivity index (χ1) is 16.3. The number of pyridine rings is 2. The van der Waals surface area contributed by atoms with Gasteiger partial charge in [0.15, 0.2) is 0 Å². The lowest BCUT2D eigenvalue weighted by Crippen LogP contribution is -2.57. The van der Waals surface area contributed by atoms with Crippen molar-refractivity contribution in [3.8, 4) is 5.88 Å². The quantitative estimate of drug-likeness (QED) is 0.564. The van der Waals surface area contributed by atoms with Crippen LogP contribution in [0.25, 0.3) is 0 Å². The molecule has 176 valence electrons. The Bertz CT molecular complexity index is 1200. The molecule has 1 fully saturated rings. The summed E-state index contributed by atoms with van der Waals surface area (Å²) in [6.07, 6.45) is 3.19. The van der Waals surface area contributed by atoms with Crippen LogP contribution < -0.4 is 15.4 Å². The fourth-order valence-corrected chi connectivity index (χ4v) is 4.60. The molecule has 0 radical (unpaired) electrons. The molecule has 34 heavy (non-hydrogen) atoms. The van der Waals surface area contributed by atoms with E-state index in [1.807, 2.05) is 45.0 Å². The van der Waals surface area contributed by atoms with E-state index in [-0.39, 0.29) is 23.3 Å². The van der Waals surface area contributed by atoms with Crippen molar-refractivity contribution in [2.75, 3.05) is 13.7 Å². The molecule has 0 bridgehead atoms. The molecule has 2 heterocycles. The van der Waals surface area contributed by atoms with E-state index < -0.39 is 0 Å². The Morgan fingerprint density at radius 2 is 1.74 bits per heavy atom. The number of amides is 2. The molecule has 4 rings (SSSR count).